The molecule has 5 rings (SSSR count). The second-order valence-electron chi connectivity index (χ2n) is 8.82. The minimum Gasteiger partial charge on any atom is -0.355 e. The highest BCUT2D eigenvalue weighted by molar-refractivity contribution is 5.95. The summed E-state index contributed by atoms with van der Waals surface area (Å²) in [5.41, 5.74) is 7.52. The second kappa shape index (κ2) is 11.3. The number of hydrogen-bond donors (Lipinski definition) is 1. The summed E-state index contributed by atoms with van der Waals surface area (Å²) in [7, 11) is 0. The van der Waals surface area contributed by atoms with Crippen molar-refractivity contribution in [2.45, 2.75) is 6.92 Å². The average Bonchev–Trinajstić information content (AvgIpc) is 2.95. The van der Waals surface area contributed by atoms with E-state index in [4.69, 9.17) is 0 Å². The van der Waals surface area contributed by atoms with Crippen LogP contribution in [0.2, 0.25) is 0 Å². The van der Waals surface area contributed by atoms with Crippen LogP contribution in [0.3, 0.4) is 0 Å². The van der Waals surface area contributed by atoms with Gasteiger partial charge in [-0.15, -0.1) is 0 Å². The zero-order valence-corrected chi connectivity index (χ0v) is 21.0. The summed E-state index contributed by atoms with van der Waals surface area (Å²) in [6.45, 7) is 6.38. The molecule has 0 aliphatic heterocycles. The van der Waals surface area contributed by atoms with Gasteiger partial charge in [0.15, 0.2) is 0 Å². The largest absolute Gasteiger partial charge is 0.355 e. The van der Waals surface area contributed by atoms with Gasteiger partial charge < -0.3 is 10.2 Å². The lowest BCUT2D eigenvalue weighted by Gasteiger charge is -2.26. The molecule has 180 valence electrons. The summed E-state index contributed by atoms with van der Waals surface area (Å²) >= 11 is 0. The van der Waals surface area contributed by atoms with E-state index in [2.05, 4.69) is 132 Å². The molecule has 0 aliphatic carbocycles. The number of allylic oxidation sites excluding steroid dienone is 4. The van der Waals surface area contributed by atoms with Gasteiger partial charge in [-0.2, -0.15) is 0 Å². The normalized spacial score (nSPS) is 11.3. The molecule has 37 heavy (non-hydrogen) atoms. The van der Waals surface area contributed by atoms with Crippen molar-refractivity contribution in [2.24, 2.45) is 0 Å². The number of nitrogens with one attached hydrogen (secondary N) is 1. The van der Waals surface area contributed by atoms with Crippen molar-refractivity contribution in [1.82, 2.24) is 0 Å². The quantitative estimate of drug-likeness (QED) is 0.223. The highest BCUT2D eigenvalue weighted by atomic mass is 15.1. The molecule has 0 bridgehead atoms. The van der Waals surface area contributed by atoms with Crippen LogP contribution < -0.4 is 10.2 Å². The van der Waals surface area contributed by atoms with Crippen molar-refractivity contribution in [1.29, 1.82) is 0 Å². The van der Waals surface area contributed by atoms with Crippen molar-refractivity contribution in [3.8, 4) is 11.1 Å². The lowest BCUT2D eigenvalue weighted by Crippen LogP contribution is -2.14. The van der Waals surface area contributed by atoms with Crippen molar-refractivity contribution in [2.75, 3.05) is 10.2 Å². The smallest absolute Gasteiger partial charge is 0.0463 e. The summed E-state index contributed by atoms with van der Waals surface area (Å²) in [5.74, 6) is 0. The second-order valence-corrected chi connectivity index (χ2v) is 8.82. The summed E-state index contributed by atoms with van der Waals surface area (Å²) in [6.07, 6.45) is 8.08. The predicted octanol–water partition coefficient (Wildman–Crippen LogP) is 10.0. The van der Waals surface area contributed by atoms with Gasteiger partial charge in [0.05, 0.1) is 0 Å². The van der Waals surface area contributed by atoms with E-state index in [0.717, 1.165) is 28.4 Å². The Hall–Kier alpha value is -4.82. The fourth-order valence-corrected chi connectivity index (χ4v) is 4.45. The van der Waals surface area contributed by atoms with E-state index < -0.39 is 0 Å². The van der Waals surface area contributed by atoms with Crippen molar-refractivity contribution >= 4 is 33.5 Å². The highest BCUT2D eigenvalue weighted by Crippen LogP contribution is 2.33. The van der Waals surface area contributed by atoms with Gasteiger partial charge in [0.1, 0.15) is 0 Å². The molecule has 0 amide bonds. The van der Waals surface area contributed by atoms with Gasteiger partial charge in [0, 0.05) is 33.8 Å². The number of fused-ring (bicyclic) bond motifs is 1. The molecule has 0 saturated carbocycles. The van der Waals surface area contributed by atoms with E-state index in [-0.39, 0.29) is 0 Å². The first kappa shape index (κ1) is 23.9. The first-order valence-electron chi connectivity index (χ1n) is 12.5. The van der Waals surface area contributed by atoms with Gasteiger partial charge >= 0.3 is 0 Å². The van der Waals surface area contributed by atoms with Crippen LogP contribution >= 0.6 is 0 Å². The number of hydrogen-bond acceptors (Lipinski definition) is 2. The summed E-state index contributed by atoms with van der Waals surface area (Å²) < 4.78 is 0. The zero-order valence-electron chi connectivity index (χ0n) is 21.0. The molecular weight excluding hydrogens is 448 g/mol. The summed E-state index contributed by atoms with van der Waals surface area (Å²) in [4.78, 5) is 2.18. The molecule has 0 atom stereocenters. The highest BCUT2D eigenvalue weighted by Gasteiger charge is 2.12. The van der Waals surface area contributed by atoms with Crippen LogP contribution in [0, 0.1) is 0 Å². The number of nitrogens with zero attached hydrogens (tertiary/aromatic N) is 1. The van der Waals surface area contributed by atoms with Crippen molar-refractivity contribution in [3.05, 3.63) is 158 Å². The Morgan fingerprint density at radius 1 is 0.649 bits per heavy atom. The topological polar surface area (TPSA) is 15.3 Å². The Balaban J connectivity index is 1.44. The summed E-state index contributed by atoms with van der Waals surface area (Å²) in [6, 6.07) is 42.3. The molecule has 5 aromatic rings. The van der Waals surface area contributed by atoms with E-state index in [0.29, 0.717) is 0 Å². The maximum atomic E-state index is 4.37. The van der Waals surface area contributed by atoms with E-state index in [1.165, 1.54) is 21.9 Å². The third-order valence-corrected chi connectivity index (χ3v) is 6.31. The van der Waals surface area contributed by atoms with Gasteiger partial charge in [0.25, 0.3) is 0 Å². The van der Waals surface area contributed by atoms with Crippen LogP contribution in [0.25, 0.3) is 21.9 Å². The van der Waals surface area contributed by atoms with Crippen LogP contribution in [-0.2, 0) is 0 Å². The van der Waals surface area contributed by atoms with Gasteiger partial charge in [-0.25, -0.2) is 0 Å². The van der Waals surface area contributed by atoms with E-state index in [9.17, 15) is 0 Å². The first-order chi connectivity index (χ1) is 18.2. The van der Waals surface area contributed by atoms with Crippen LogP contribution in [0.4, 0.5) is 22.7 Å². The third kappa shape index (κ3) is 5.55. The molecule has 0 heterocycles. The number of rotatable bonds is 8. The molecule has 5 aromatic carbocycles. The third-order valence-electron chi connectivity index (χ3n) is 6.31. The fraction of sp³-hybridized carbons (Fsp3) is 0.0286. The van der Waals surface area contributed by atoms with Gasteiger partial charge in [-0.05, 0) is 72.0 Å². The molecular formula is C35H30N2. The lowest BCUT2D eigenvalue weighted by atomic mass is 10.0. The van der Waals surface area contributed by atoms with E-state index in [1.54, 1.807) is 0 Å². The SMILES string of the molecule is C=C(/C=C\C=C/C)N(c1ccc(Nc2cccc3ccccc23)cc1)c1ccc(-c2ccccc2)cc1. The first-order valence-corrected chi connectivity index (χ1v) is 12.5. The van der Waals surface area contributed by atoms with Crippen molar-refractivity contribution in [3.63, 3.8) is 0 Å². The fourth-order valence-electron chi connectivity index (χ4n) is 4.45. The Labute approximate surface area is 219 Å². The van der Waals surface area contributed by atoms with E-state index in [1.807, 2.05) is 37.3 Å². The van der Waals surface area contributed by atoms with Crippen LogP contribution in [0.15, 0.2) is 158 Å². The Morgan fingerprint density at radius 2 is 1.27 bits per heavy atom. The monoisotopic (exact) mass is 478 g/mol. The zero-order chi connectivity index (χ0) is 25.5. The molecule has 0 aliphatic rings. The molecule has 0 fully saturated rings. The van der Waals surface area contributed by atoms with Crippen LogP contribution in [0.5, 0.6) is 0 Å². The van der Waals surface area contributed by atoms with Crippen LogP contribution in [0.1, 0.15) is 6.92 Å². The number of benzene rings is 5. The predicted molar refractivity (Wildman–Crippen MR) is 161 cm³/mol. The molecule has 1 N–H and O–H groups in total. The average molecular weight is 479 g/mol. The lowest BCUT2D eigenvalue weighted by molar-refractivity contribution is 1.22. The molecule has 0 unspecified atom stereocenters. The summed E-state index contributed by atoms with van der Waals surface area (Å²) in [5, 5.41) is 6.01. The van der Waals surface area contributed by atoms with Gasteiger partial charge in [-0.1, -0.05) is 104 Å². The van der Waals surface area contributed by atoms with Crippen molar-refractivity contribution < 1.29 is 0 Å². The maximum absolute atomic E-state index is 4.37. The molecule has 0 spiro atoms. The molecule has 2 heteroatoms. The van der Waals surface area contributed by atoms with Gasteiger partial charge in [-0.3, -0.25) is 0 Å². The molecule has 0 radical (unpaired) electrons. The Bertz CT molecular complexity index is 1540. The standard InChI is InChI=1S/C35H30N2/c1-3-4-6-12-27(2)37(32-23-19-29(20-24-32)28-13-7-5-8-14-28)33-25-21-31(22-26-33)36-35-18-11-16-30-15-9-10-17-34(30)35/h3-26,36H,2H2,1H3/b4-3-,12-6-. The van der Waals surface area contributed by atoms with Crippen LogP contribution in [-0.4, -0.2) is 0 Å². The minimum atomic E-state index is 0.889. The molecule has 0 saturated heterocycles. The Morgan fingerprint density at radius 3 is 2.00 bits per heavy atom. The Kier molecular flexibility index (Phi) is 7.29. The minimum absolute atomic E-state index is 0.889. The molecule has 2 nitrogen and oxygen atoms in total. The van der Waals surface area contributed by atoms with Gasteiger partial charge in [0.2, 0.25) is 0 Å². The van der Waals surface area contributed by atoms with E-state index >= 15 is 0 Å². The maximum Gasteiger partial charge on any atom is 0.0463 e. The number of anilines is 4. The molecule has 0 aromatic heterocycles.